The van der Waals surface area contributed by atoms with E-state index >= 15 is 0 Å². The van der Waals surface area contributed by atoms with Crippen molar-refractivity contribution in [1.29, 1.82) is 0 Å². The van der Waals surface area contributed by atoms with Gasteiger partial charge in [0.25, 0.3) is 0 Å². The second-order valence-corrected chi connectivity index (χ2v) is 6.75. The second-order valence-electron chi connectivity index (χ2n) is 5.57. The zero-order valence-electron chi connectivity index (χ0n) is 12.4. The molecule has 2 heterocycles. The minimum absolute atomic E-state index is 0.397. The van der Waals surface area contributed by atoms with Gasteiger partial charge < -0.3 is 5.32 Å². The lowest BCUT2D eigenvalue weighted by Gasteiger charge is -2.32. The van der Waals surface area contributed by atoms with E-state index in [4.69, 9.17) is 0 Å². The number of anilines is 1. The van der Waals surface area contributed by atoms with Crippen LogP contribution in [0.1, 0.15) is 23.4 Å². The van der Waals surface area contributed by atoms with E-state index in [1.165, 1.54) is 12.1 Å². The van der Waals surface area contributed by atoms with Crippen LogP contribution in [0.2, 0.25) is 0 Å². The standard InChI is InChI=1S/C15H18F2N4S/c1-10-19-20-15(22-10)18-12-4-6-21(7-5-12)9-11-2-3-13(16)14(17)8-11/h2-3,8,12H,4-7,9H2,1H3,(H,18,20). The van der Waals surface area contributed by atoms with Crippen LogP contribution in [0.15, 0.2) is 18.2 Å². The summed E-state index contributed by atoms with van der Waals surface area (Å²) in [6, 6.07) is 4.52. The van der Waals surface area contributed by atoms with E-state index in [1.54, 1.807) is 17.4 Å². The molecule has 22 heavy (non-hydrogen) atoms. The van der Waals surface area contributed by atoms with Gasteiger partial charge in [0.2, 0.25) is 5.13 Å². The number of aromatic nitrogens is 2. The summed E-state index contributed by atoms with van der Waals surface area (Å²) < 4.78 is 26.2. The third kappa shape index (κ3) is 3.78. The molecular weight excluding hydrogens is 306 g/mol. The number of piperidine rings is 1. The van der Waals surface area contributed by atoms with Crippen molar-refractivity contribution in [2.75, 3.05) is 18.4 Å². The molecule has 0 bridgehead atoms. The van der Waals surface area contributed by atoms with Crippen LogP contribution in [-0.4, -0.2) is 34.2 Å². The number of nitrogens with one attached hydrogen (secondary N) is 1. The van der Waals surface area contributed by atoms with Crippen LogP contribution in [0.5, 0.6) is 0 Å². The Morgan fingerprint density at radius 3 is 2.64 bits per heavy atom. The van der Waals surface area contributed by atoms with E-state index in [0.717, 1.165) is 41.6 Å². The molecule has 1 fully saturated rings. The molecule has 1 N–H and O–H groups in total. The molecule has 0 radical (unpaired) electrons. The zero-order valence-corrected chi connectivity index (χ0v) is 13.2. The number of aryl methyl sites for hydroxylation is 1. The van der Waals surface area contributed by atoms with Crippen LogP contribution in [-0.2, 0) is 6.54 Å². The molecule has 0 aliphatic carbocycles. The molecule has 3 rings (SSSR count). The highest BCUT2D eigenvalue weighted by Crippen LogP contribution is 2.21. The molecule has 1 aliphatic rings. The highest BCUT2D eigenvalue weighted by molar-refractivity contribution is 7.15. The Hall–Kier alpha value is -1.60. The molecule has 1 aliphatic heterocycles. The Balaban J connectivity index is 1.50. The maximum absolute atomic E-state index is 13.2. The highest BCUT2D eigenvalue weighted by atomic mass is 32.1. The van der Waals surface area contributed by atoms with Gasteiger partial charge >= 0.3 is 0 Å². The van der Waals surface area contributed by atoms with Gasteiger partial charge in [0, 0.05) is 25.7 Å². The molecule has 2 aromatic rings. The average Bonchev–Trinajstić information content (AvgIpc) is 2.90. The number of halogens is 2. The number of nitrogens with zero attached hydrogens (tertiary/aromatic N) is 3. The third-order valence-electron chi connectivity index (χ3n) is 3.83. The minimum atomic E-state index is -0.793. The Bertz CT molecular complexity index is 638. The van der Waals surface area contributed by atoms with E-state index in [1.807, 2.05) is 6.92 Å². The van der Waals surface area contributed by atoms with Crippen molar-refractivity contribution in [3.8, 4) is 0 Å². The van der Waals surface area contributed by atoms with Crippen molar-refractivity contribution < 1.29 is 8.78 Å². The van der Waals surface area contributed by atoms with Crippen molar-refractivity contribution in [3.63, 3.8) is 0 Å². The van der Waals surface area contributed by atoms with Crippen LogP contribution < -0.4 is 5.32 Å². The first-order valence-corrected chi connectivity index (χ1v) is 8.15. The topological polar surface area (TPSA) is 41.1 Å². The number of hydrogen-bond acceptors (Lipinski definition) is 5. The molecule has 7 heteroatoms. The Kier molecular flexibility index (Phi) is 4.63. The number of likely N-dealkylation sites (tertiary alicyclic amines) is 1. The Labute approximate surface area is 132 Å². The Morgan fingerprint density at radius 2 is 2.00 bits per heavy atom. The monoisotopic (exact) mass is 324 g/mol. The van der Waals surface area contributed by atoms with Gasteiger partial charge in [-0.3, -0.25) is 4.90 Å². The van der Waals surface area contributed by atoms with Crippen LogP contribution in [0, 0.1) is 18.6 Å². The highest BCUT2D eigenvalue weighted by Gasteiger charge is 2.20. The minimum Gasteiger partial charge on any atom is -0.357 e. The van der Waals surface area contributed by atoms with Crippen LogP contribution in [0.25, 0.3) is 0 Å². The summed E-state index contributed by atoms with van der Waals surface area (Å²) in [5.41, 5.74) is 0.810. The fourth-order valence-electron chi connectivity index (χ4n) is 2.66. The summed E-state index contributed by atoms with van der Waals surface area (Å²) in [5.74, 6) is -1.57. The predicted octanol–water partition coefficient (Wildman–Crippen LogP) is 3.20. The number of rotatable bonds is 4. The third-order valence-corrected chi connectivity index (χ3v) is 4.60. The first kappa shape index (κ1) is 15.3. The summed E-state index contributed by atoms with van der Waals surface area (Å²) in [6.07, 6.45) is 2.00. The maximum Gasteiger partial charge on any atom is 0.205 e. The molecule has 1 saturated heterocycles. The van der Waals surface area contributed by atoms with Crippen LogP contribution in [0.3, 0.4) is 0 Å². The van der Waals surface area contributed by atoms with E-state index < -0.39 is 11.6 Å². The molecule has 0 unspecified atom stereocenters. The fraction of sp³-hybridized carbons (Fsp3) is 0.467. The summed E-state index contributed by atoms with van der Waals surface area (Å²) in [6.45, 7) is 4.44. The summed E-state index contributed by atoms with van der Waals surface area (Å²) >= 11 is 1.56. The quantitative estimate of drug-likeness (QED) is 0.938. The predicted molar refractivity (Wildman–Crippen MR) is 82.9 cm³/mol. The van der Waals surface area contributed by atoms with Crippen molar-refractivity contribution in [3.05, 3.63) is 40.4 Å². The molecule has 0 atom stereocenters. The van der Waals surface area contributed by atoms with Crippen LogP contribution >= 0.6 is 11.3 Å². The molecule has 0 amide bonds. The molecule has 1 aromatic carbocycles. The average molecular weight is 324 g/mol. The van der Waals surface area contributed by atoms with Gasteiger partial charge in [-0.2, -0.15) is 0 Å². The first-order valence-electron chi connectivity index (χ1n) is 7.33. The van der Waals surface area contributed by atoms with Gasteiger partial charge in [-0.15, -0.1) is 10.2 Å². The molecule has 4 nitrogen and oxygen atoms in total. The number of benzene rings is 1. The lowest BCUT2D eigenvalue weighted by molar-refractivity contribution is 0.211. The SMILES string of the molecule is Cc1nnc(NC2CCN(Cc3ccc(F)c(F)c3)CC2)s1. The lowest BCUT2D eigenvalue weighted by atomic mass is 10.0. The molecule has 0 spiro atoms. The fourth-order valence-corrected chi connectivity index (χ4v) is 3.33. The largest absolute Gasteiger partial charge is 0.357 e. The molecule has 118 valence electrons. The number of hydrogen-bond donors (Lipinski definition) is 1. The first-order chi connectivity index (χ1) is 10.6. The van der Waals surface area contributed by atoms with Crippen LogP contribution in [0.4, 0.5) is 13.9 Å². The van der Waals surface area contributed by atoms with Gasteiger partial charge in [0.15, 0.2) is 11.6 Å². The van der Waals surface area contributed by atoms with Gasteiger partial charge in [-0.05, 0) is 37.5 Å². The summed E-state index contributed by atoms with van der Waals surface area (Å²) in [4.78, 5) is 2.26. The normalized spacial score (nSPS) is 16.9. The van der Waals surface area contributed by atoms with Crippen molar-refractivity contribution >= 4 is 16.5 Å². The van der Waals surface area contributed by atoms with Crippen molar-refractivity contribution in [1.82, 2.24) is 15.1 Å². The summed E-state index contributed by atoms with van der Waals surface area (Å²) in [7, 11) is 0. The van der Waals surface area contributed by atoms with Crippen molar-refractivity contribution in [2.45, 2.75) is 32.4 Å². The lowest BCUT2D eigenvalue weighted by Crippen LogP contribution is -2.38. The molecular formula is C15H18F2N4S. The molecule has 0 saturated carbocycles. The van der Waals surface area contributed by atoms with E-state index in [-0.39, 0.29) is 0 Å². The van der Waals surface area contributed by atoms with Gasteiger partial charge in [-0.1, -0.05) is 17.4 Å². The summed E-state index contributed by atoms with van der Waals surface area (Å²) in [5, 5.41) is 13.3. The van der Waals surface area contributed by atoms with Gasteiger partial charge in [0.05, 0.1) is 0 Å². The Morgan fingerprint density at radius 1 is 1.23 bits per heavy atom. The zero-order chi connectivity index (χ0) is 15.5. The van der Waals surface area contributed by atoms with E-state index in [0.29, 0.717) is 12.6 Å². The van der Waals surface area contributed by atoms with Gasteiger partial charge in [0.1, 0.15) is 5.01 Å². The second kappa shape index (κ2) is 6.66. The van der Waals surface area contributed by atoms with E-state index in [9.17, 15) is 8.78 Å². The smallest absolute Gasteiger partial charge is 0.205 e. The maximum atomic E-state index is 13.2. The molecule has 1 aromatic heterocycles. The van der Waals surface area contributed by atoms with E-state index in [2.05, 4.69) is 20.4 Å². The van der Waals surface area contributed by atoms with Crippen molar-refractivity contribution in [2.24, 2.45) is 0 Å². The van der Waals surface area contributed by atoms with Gasteiger partial charge in [-0.25, -0.2) is 8.78 Å².